The molecule has 0 saturated heterocycles. The van der Waals surface area contributed by atoms with Gasteiger partial charge in [-0.25, -0.2) is 5.10 Å². The lowest BCUT2D eigenvalue weighted by Gasteiger charge is -2.06. The van der Waals surface area contributed by atoms with Gasteiger partial charge in [0.25, 0.3) is 5.56 Å². The summed E-state index contributed by atoms with van der Waals surface area (Å²) >= 11 is 11.8. The molecular weight excluding hydrogens is 291 g/mol. The van der Waals surface area contributed by atoms with Gasteiger partial charge < -0.3 is 4.74 Å². The Bertz CT molecular complexity index is 697. The van der Waals surface area contributed by atoms with E-state index in [2.05, 4.69) is 10.2 Å². The van der Waals surface area contributed by atoms with Gasteiger partial charge in [-0.2, -0.15) is 5.10 Å². The normalized spacial score (nSPS) is 10.7. The number of aromatic amines is 1. The summed E-state index contributed by atoms with van der Waals surface area (Å²) in [5, 5.41) is 7.58. The van der Waals surface area contributed by atoms with Crippen LogP contribution in [-0.4, -0.2) is 22.8 Å². The molecule has 5 nitrogen and oxygen atoms in total. The lowest BCUT2D eigenvalue weighted by Crippen LogP contribution is -2.15. The first-order chi connectivity index (χ1) is 9.02. The van der Waals surface area contributed by atoms with E-state index < -0.39 is 5.97 Å². The molecule has 7 heteroatoms. The van der Waals surface area contributed by atoms with E-state index in [0.717, 1.165) is 0 Å². The van der Waals surface area contributed by atoms with Crippen molar-refractivity contribution in [3.05, 3.63) is 38.2 Å². The third-order valence-corrected chi connectivity index (χ3v) is 3.25. The van der Waals surface area contributed by atoms with Gasteiger partial charge in [0.15, 0.2) is 0 Å². The van der Waals surface area contributed by atoms with E-state index in [9.17, 15) is 9.59 Å². The number of halogens is 2. The van der Waals surface area contributed by atoms with E-state index in [1.54, 1.807) is 6.92 Å². The molecule has 100 valence electrons. The van der Waals surface area contributed by atoms with E-state index in [-0.39, 0.29) is 23.6 Å². The second-order valence-corrected chi connectivity index (χ2v) is 4.61. The molecule has 19 heavy (non-hydrogen) atoms. The lowest BCUT2D eigenvalue weighted by molar-refractivity contribution is -0.142. The van der Waals surface area contributed by atoms with Gasteiger partial charge in [0.2, 0.25) is 0 Å². The Kier molecular flexibility index (Phi) is 4.07. The van der Waals surface area contributed by atoms with Gasteiger partial charge in [0.1, 0.15) is 0 Å². The molecule has 0 aliphatic rings. The monoisotopic (exact) mass is 300 g/mol. The van der Waals surface area contributed by atoms with Crippen LogP contribution in [0, 0.1) is 0 Å². The number of hydrogen-bond acceptors (Lipinski definition) is 4. The minimum Gasteiger partial charge on any atom is -0.466 e. The number of aromatic nitrogens is 2. The topological polar surface area (TPSA) is 72.0 Å². The van der Waals surface area contributed by atoms with Gasteiger partial charge in [-0.15, -0.1) is 0 Å². The van der Waals surface area contributed by atoms with E-state index in [0.29, 0.717) is 21.5 Å². The average molecular weight is 301 g/mol. The average Bonchev–Trinajstić information content (AvgIpc) is 2.36. The predicted molar refractivity (Wildman–Crippen MR) is 72.7 cm³/mol. The summed E-state index contributed by atoms with van der Waals surface area (Å²) in [4.78, 5) is 23.1. The van der Waals surface area contributed by atoms with Crippen LogP contribution in [0.3, 0.4) is 0 Å². The molecule has 0 bridgehead atoms. The Morgan fingerprint density at radius 2 is 1.95 bits per heavy atom. The minimum atomic E-state index is -0.422. The van der Waals surface area contributed by atoms with E-state index in [4.69, 9.17) is 27.9 Å². The van der Waals surface area contributed by atoms with Crippen LogP contribution in [0.2, 0.25) is 10.0 Å². The maximum absolute atomic E-state index is 11.7. The molecule has 1 aromatic heterocycles. The highest BCUT2D eigenvalue weighted by molar-refractivity contribution is 6.42. The van der Waals surface area contributed by atoms with E-state index in [1.165, 1.54) is 12.1 Å². The summed E-state index contributed by atoms with van der Waals surface area (Å²) in [7, 11) is 0. The molecule has 0 saturated carbocycles. The zero-order valence-corrected chi connectivity index (χ0v) is 11.5. The van der Waals surface area contributed by atoms with Crippen molar-refractivity contribution in [3.8, 4) is 0 Å². The second-order valence-electron chi connectivity index (χ2n) is 3.79. The Morgan fingerprint density at radius 1 is 1.32 bits per heavy atom. The number of hydrogen-bond donors (Lipinski definition) is 1. The maximum Gasteiger partial charge on any atom is 0.311 e. The number of H-pyrrole nitrogens is 1. The zero-order valence-electron chi connectivity index (χ0n) is 10.00. The third kappa shape index (κ3) is 2.88. The molecule has 2 aromatic rings. The van der Waals surface area contributed by atoms with Crippen LogP contribution in [-0.2, 0) is 16.0 Å². The van der Waals surface area contributed by atoms with Crippen molar-refractivity contribution in [3.63, 3.8) is 0 Å². The van der Waals surface area contributed by atoms with Crippen molar-refractivity contribution in [1.29, 1.82) is 0 Å². The van der Waals surface area contributed by atoms with Crippen LogP contribution in [0.1, 0.15) is 12.6 Å². The molecule has 0 aliphatic heterocycles. The van der Waals surface area contributed by atoms with E-state index in [1.807, 2.05) is 0 Å². The summed E-state index contributed by atoms with van der Waals surface area (Å²) < 4.78 is 4.85. The zero-order chi connectivity index (χ0) is 14.0. The number of fused-ring (bicyclic) bond motifs is 1. The fourth-order valence-corrected chi connectivity index (χ4v) is 2.02. The Hall–Kier alpha value is -1.59. The smallest absolute Gasteiger partial charge is 0.311 e. The number of ether oxygens (including phenoxy) is 1. The van der Waals surface area contributed by atoms with Crippen molar-refractivity contribution >= 4 is 39.9 Å². The van der Waals surface area contributed by atoms with Crippen LogP contribution in [0.25, 0.3) is 10.8 Å². The summed E-state index contributed by atoms with van der Waals surface area (Å²) in [5.41, 5.74) is 0.00722. The first-order valence-corrected chi connectivity index (χ1v) is 6.30. The van der Waals surface area contributed by atoms with Gasteiger partial charge >= 0.3 is 5.97 Å². The van der Waals surface area contributed by atoms with Crippen LogP contribution < -0.4 is 5.56 Å². The summed E-state index contributed by atoms with van der Waals surface area (Å²) in [6.07, 6.45) is -0.0426. The standard InChI is InChI=1S/C12H10Cl2N2O3/c1-2-19-11(17)5-10-6-3-8(13)9(14)4-7(6)12(18)16-15-10/h3-4H,2,5H2,1H3,(H,16,18). The quantitative estimate of drug-likeness (QED) is 0.883. The molecule has 1 aromatic carbocycles. The van der Waals surface area contributed by atoms with Crippen LogP contribution in [0.5, 0.6) is 0 Å². The molecule has 0 spiro atoms. The lowest BCUT2D eigenvalue weighted by atomic mass is 10.1. The first kappa shape index (κ1) is 13.8. The molecule has 1 N–H and O–H groups in total. The van der Waals surface area contributed by atoms with Crippen molar-refractivity contribution < 1.29 is 9.53 Å². The highest BCUT2D eigenvalue weighted by Gasteiger charge is 2.13. The first-order valence-electron chi connectivity index (χ1n) is 5.55. The summed E-state index contributed by atoms with van der Waals surface area (Å²) in [5.74, 6) is -0.422. The third-order valence-electron chi connectivity index (χ3n) is 2.53. The van der Waals surface area contributed by atoms with Crippen LogP contribution >= 0.6 is 23.2 Å². The summed E-state index contributed by atoms with van der Waals surface area (Å²) in [6, 6.07) is 2.98. The van der Waals surface area contributed by atoms with Gasteiger partial charge in [-0.1, -0.05) is 23.2 Å². The minimum absolute atomic E-state index is 0.0426. The van der Waals surface area contributed by atoms with Gasteiger partial charge in [0, 0.05) is 5.39 Å². The number of rotatable bonds is 3. The molecule has 0 atom stereocenters. The Balaban J connectivity index is 2.56. The number of esters is 1. The Labute approximate surface area is 118 Å². The number of nitrogens with zero attached hydrogens (tertiary/aromatic N) is 1. The number of nitrogens with one attached hydrogen (secondary N) is 1. The summed E-state index contributed by atoms with van der Waals surface area (Å²) in [6.45, 7) is 2.00. The molecule has 0 unspecified atom stereocenters. The molecule has 0 radical (unpaired) electrons. The maximum atomic E-state index is 11.7. The van der Waals surface area contributed by atoms with Crippen molar-refractivity contribution in [2.75, 3.05) is 6.61 Å². The molecular formula is C12H10Cl2N2O3. The molecule has 0 fully saturated rings. The van der Waals surface area contributed by atoms with E-state index >= 15 is 0 Å². The second kappa shape index (κ2) is 5.59. The molecule has 1 heterocycles. The van der Waals surface area contributed by atoms with Crippen molar-refractivity contribution in [1.82, 2.24) is 10.2 Å². The number of carbonyl (C=O) groups excluding carboxylic acids is 1. The largest absolute Gasteiger partial charge is 0.466 e. The van der Waals surface area contributed by atoms with Gasteiger partial charge in [0.05, 0.1) is 34.2 Å². The van der Waals surface area contributed by atoms with Crippen molar-refractivity contribution in [2.45, 2.75) is 13.3 Å². The van der Waals surface area contributed by atoms with Crippen molar-refractivity contribution in [2.24, 2.45) is 0 Å². The fraction of sp³-hybridized carbons (Fsp3) is 0.250. The van der Waals surface area contributed by atoms with Gasteiger partial charge in [-0.3, -0.25) is 9.59 Å². The van der Waals surface area contributed by atoms with Gasteiger partial charge in [-0.05, 0) is 19.1 Å². The SMILES string of the molecule is CCOC(=O)Cc1n[nH]c(=O)c2cc(Cl)c(Cl)cc12. The van der Waals surface area contributed by atoms with Crippen LogP contribution in [0.4, 0.5) is 0 Å². The highest BCUT2D eigenvalue weighted by atomic mass is 35.5. The van der Waals surface area contributed by atoms with Crippen LogP contribution in [0.15, 0.2) is 16.9 Å². The predicted octanol–water partition coefficient (Wildman–Crippen LogP) is 2.34. The highest BCUT2D eigenvalue weighted by Crippen LogP contribution is 2.27. The number of carbonyl (C=O) groups is 1. The molecule has 0 aliphatic carbocycles. The fourth-order valence-electron chi connectivity index (χ4n) is 1.70. The number of benzene rings is 1. The molecule has 0 amide bonds. The molecule has 2 rings (SSSR count). The Morgan fingerprint density at radius 3 is 2.58 bits per heavy atom.